The predicted octanol–water partition coefficient (Wildman–Crippen LogP) is 3.06. The Morgan fingerprint density at radius 1 is 1.22 bits per heavy atom. The van der Waals surface area contributed by atoms with Gasteiger partial charge in [-0.15, -0.1) is 24.0 Å². The average Bonchev–Trinajstić information content (AvgIpc) is 2.38. The van der Waals surface area contributed by atoms with Crippen molar-refractivity contribution < 1.29 is 8.42 Å². The summed E-state index contributed by atoms with van der Waals surface area (Å²) in [7, 11) is -2.91. The SMILES string of the molecule is CCNC(=NCC(C)(C)CCS(C)(=O)=O)NCCCC(C)C.I. The number of nitrogens with zero attached hydrogens (tertiary/aromatic N) is 1. The fourth-order valence-corrected chi connectivity index (χ4v) is 2.82. The second-order valence-electron chi connectivity index (χ2n) is 7.20. The molecule has 0 aromatic rings. The van der Waals surface area contributed by atoms with E-state index in [1.165, 1.54) is 12.7 Å². The van der Waals surface area contributed by atoms with Crippen molar-refractivity contribution in [2.45, 2.75) is 53.9 Å². The van der Waals surface area contributed by atoms with Crippen LogP contribution in [0, 0.1) is 11.3 Å². The lowest BCUT2D eigenvalue weighted by molar-refractivity contribution is 0.365. The molecule has 7 heteroatoms. The van der Waals surface area contributed by atoms with Gasteiger partial charge in [-0.3, -0.25) is 4.99 Å². The number of aliphatic imine (C=N–C) groups is 1. The highest BCUT2D eigenvalue weighted by atomic mass is 127. The number of halogens is 1. The molecule has 0 atom stereocenters. The molecule has 140 valence electrons. The highest BCUT2D eigenvalue weighted by Crippen LogP contribution is 2.21. The van der Waals surface area contributed by atoms with Crippen LogP contribution in [0.1, 0.15) is 53.9 Å². The Hall–Kier alpha value is -0.0500. The first kappa shape index (κ1) is 25.2. The van der Waals surface area contributed by atoms with Crippen LogP contribution in [0.3, 0.4) is 0 Å². The summed E-state index contributed by atoms with van der Waals surface area (Å²) in [5.41, 5.74) is -0.122. The molecule has 0 bridgehead atoms. The monoisotopic (exact) mass is 461 g/mol. The number of sulfone groups is 1. The van der Waals surface area contributed by atoms with Crippen molar-refractivity contribution >= 4 is 39.8 Å². The summed E-state index contributed by atoms with van der Waals surface area (Å²) in [5, 5.41) is 6.58. The summed E-state index contributed by atoms with van der Waals surface area (Å²) in [4.78, 5) is 4.60. The van der Waals surface area contributed by atoms with E-state index < -0.39 is 9.84 Å². The van der Waals surface area contributed by atoms with Gasteiger partial charge in [-0.05, 0) is 37.5 Å². The summed E-state index contributed by atoms with van der Waals surface area (Å²) in [6, 6.07) is 0. The second-order valence-corrected chi connectivity index (χ2v) is 9.46. The largest absolute Gasteiger partial charge is 0.357 e. The lowest BCUT2D eigenvalue weighted by Crippen LogP contribution is -2.38. The van der Waals surface area contributed by atoms with Crippen molar-refractivity contribution in [1.29, 1.82) is 0 Å². The van der Waals surface area contributed by atoms with Crippen LogP contribution in [-0.2, 0) is 9.84 Å². The zero-order valence-corrected chi connectivity index (χ0v) is 18.8. The lowest BCUT2D eigenvalue weighted by atomic mass is 9.90. The summed E-state index contributed by atoms with van der Waals surface area (Å²) in [5.74, 6) is 1.75. The van der Waals surface area contributed by atoms with Gasteiger partial charge in [0.1, 0.15) is 9.84 Å². The molecule has 5 nitrogen and oxygen atoms in total. The van der Waals surface area contributed by atoms with Gasteiger partial charge < -0.3 is 10.6 Å². The molecule has 0 saturated carbocycles. The van der Waals surface area contributed by atoms with Gasteiger partial charge in [-0.1, -0.05) is 27.7 Å². The molecule has 0 aromatic carbocycles. The Morgan fingerprint density at radius 2 is 1.83 bits per heavy atom. The van der Waals surface area contributed by atoms with Crippen LogP contribution in [0.25, 0.3) is 0 Å². The van der Waals surface area contributed by atoms with Gasteiger partial charge in [-0.25, -0.2) is 8.42 Å². The normalized spacial score (nSPS) is 12.9. The molecular weight excluding hydrogens is 425 g/mol. The molecular formula is C16H36IN3O2S. The number of guanidine groups is 1. The van der Waals surface area contributed by atoms with Gasteiger partial charge in [0.15, 0.2) is 5.96 Å². The first-order chi connectivity index (χ1) is 10.1. The molecule has 0 aliphatic rings. The Labute approximate surface area is 160 Å². The third-order valence-corrected chi connectivity index (χ3v) is 4.36. The summed E-state index contributed by atoms with van der Waals surface area (Å²) >= 11 is 0. The number of hydrogen-bond acceptors (Lipinski definition) is 3. The Morgan fingerprint density at radius 3 is 2.30 bits per heavy atom. The first-order valence-electron chi connectivity index (χ1n) is 8.25. The highest BCUT2D eigenvalue weighted by molar-refractivity contribution is 14.0. The fraction of sp³-hybridized carbons (Fsp3) is 0.938. The topological polar surface area (TPSA) is 70.6 Å². The Kier molecular flexibility index (Phi) is 13.5. The number of hydrogen-bond donors (Lipinski definition) is 2. The number of rotatable bonds is 10. The second kappa shape index (κ2) is 12.3. The molecule has 0 aliphatic heterocycles. The van der Waals surface area contributed by atoms with Crippen LogP contribution in [0.5, 0.6) is 0 Å². The zero-order chi connectivity index (χ0) is 17.2. The lowest BCUT2D eigenvalue weighted by Gasteiger charge is -2.22. The minimum atomic E-state index is -2.91. The smallest absolute Gasteiger partial charge is 0.191 e. The third kappa shape index (κ3) is 16.6. The standard InChI is InChI=1S/C16H35N3O2S.HI/c1-7-17-15(18-11-8-9-14(2)3)19-13-16(4,5)10-12-22(6,20)21;/h14H,7-13H2,1-6H3,(H2,17,18,19);1H. The predicted molar refractivity (Wildman–Crippen MR) is 112 cm³/mol. The molecule has 0 rings (SSSR count). The molecule has 0 spiro atoms. The van der Waals surface area contributed by atoms with Crippen LogP contribution < -0.4 is 10.6 Å². The van der Waals surface area contributed by atoms with Crippen molar-refractivity contribution in [3.63, 3.8) is 0 Å². The van der Waals surface area contributed by atoms with Gasteiger partial charge in [-0.2, -0.15) is 0 Å². The number of nitrogens with one attached hydrogen (secondary N) is 2. The van der Waals surface area contributed by atoms with Crippen LogP contribution >= 0.6 is 24.0 Å². The molecule has 0 aliphatic carbocycles. The average molecular weight is 461 g/mol. The van der Waals surface area contributed by atoms with Gasteiger partial charge in [0.2, 0.25) is 0 Å². The van der Waals surface area contributed by atoms with Crippen LogP contribution in [0.15, 0.2) is 4.99 Å². The van der Waals surface area contributed by atoms with E-state index in [1.54, 1.807) is 0 Å². The molecule has 0 amide bonds. The van der Waals surface area contributed by atoms with Crippen molar-refractivity contribution in [2.75, 3.05) is 31.6 Å². The Balaban J connectivity index is 0. The van der Waals surface area contributed by atoms with E-state index in [0.29, 0.717) is 13.0 Å². The molecule has 0 saturated heterocycles. The zero-order valence-electron chi connectivity index (χ0n) is 15.6. The van der Waals surface area contributed by atoms with Crippen LogP contribution in [0.2, 0.25) is 0 Å². The van der Waals surface area contributed by atoms with Crippen molar-refractivity contribution in [1.82, 2.24) is 10.6 Å². The fourth-order valence-electron chi connectivity index (χ4n) is 1.89. The van der Waals surface area contributed by atoms with E-state index in [0.717, 1.165) is 31.4 Å². The maximum atomic E-state index is 11.3. The van der Waals surface area contributed by atoms with Crippen LogP contribution in [-0.4, -0.2) is 46.0 Å². The van der Waals surface area contributed by atoms with E-state index >= 15 is 0 Å². The van der Waals surface area contributed by atoms with Gasteiger partial charge in [0.25, 0.3) is 0 Å². The maximum absolute atomic E-state index is 11.3. The van der Waals surface area contributed by atoms with E-state index in [4.69, 9.17) is 0 Å². The molecule has 0 unspecified atom stereocenters. The van der Waals surface area contributed by atoms with Gasteiger partial charge in [0.05, 0.1) is 5.75 Å². The minimum absolute atomic E-state index is 0. The summed E-state index contributed by atoms with van der Waals surface area (Å²) in [6.07, 6.45) is 4.24. The van der Waals surface area contributed by atoms with E-state index in [9.17, 15) is 8.42 Å². The van der Waals surface area contributed by atoms with Crippen molar-refractivity contribution in [3.8, 4) is 0 Å². The quantitative estimate of drug-likeness (QED) is 0.227. The third-order valence-electron chi connectivity index (χ3n) is 3.41. The minimum Gasteiger partial charge on any atom is -0.357 e. The molecule has 0 radical (unpaired) electrons. The molecule has 0 fully saturated rings. The Bertz CT molecular complexity index is 435. The highest BCUT2D eigenvalue weighted by Gasteiger charge is 2.20. The molecule has 0 heterocycles. The van der Waals surface area contributed by atoms with E-state index in [2.05, 4.69) is 43.3 Å². The first-order valence-corrected chi connectivity index (χ1v) is 10.3. The van der Waals surface area contributed by atoms with Gasteiger partial charge >= 0.3 is 0 Å². The van der Waals surface area contributed by atoms with Crippen molar-refractivity contribution in [3.05, 3.63) is 0 Å². The van der Waals surface area contributed by atoms with Crippen molar-refractivity contribution in [2.24, 2.45) is 16.3 Å². The van der Waals surface area contributed by atoms with E-state index in [1.807, 2.05) is 6.92 Å². The molecule has 23 heavy (non-hydrogen) atoms. The molecule has 2 N–H and O–H groups in total. The van der Waals surface area contributed by atoms with Crippen LogP contribution in [0.4, 0.5) is 0 Å². The van der Waals surface area contributed by atoms with Gasteiger partial charge in [0, 0.05) is 25.9 Å². The molecule has 0 aromatic heterocycles. The summed E-state index contributed by atoms with van der Waals surface area (Å²) < 4.78 is 22.6. The van der Waals surface area contributed by atoms with E-state index in [-0.39, 0.29) is 35.1 Å². The summed E-state index contributed by atoms with van der Waals surface area (Å²) in [6.45, 7) is 13.0. The maximum Gasteiger partial charge on any atom is 0.191 e.